The minimum atomic E-state index is -3.68. The summed E-state index contributed by atoms with van der Waals surface area (Å²) in [5.74, 6) is -0.406. The second-order valence-electron chi connectivity index (χ2n) is 6.49. The Bertz CT molecular complexity index is 862. The summed E-state index contributed by atoms with van der Waals surface area (Å²) in [6.45, 7) is 3.39. The SMILES string of the molecule is Cc1cc(S(=O)(=O)NC(C)c2ccc3c(c2)CCCC3)ccc1F. The Morgan fingerprint density at radius 3 is 2.46 bits per heavy atom. The molecule has 0 radical (unpaired) electrons. The molecule has 0 aromatic heterocycles. The van der Waals surface area contributed by atoms with Crippen molar-refractivity contribution in [3.8, 4) is 0 Å². The van der Waals surface area contributed by atoms with E-state index < -0.39 is 15.8 Å². The molecule has 3 nitrogen and oxygen atoms in total. The minimum absolute atomic E-state index is 0.0891. The van der Waals surface area contributed by atoms with E-state index in [9.17, 15) is 12.8 Å². The Morgan fingerprint density at radius 1 is 1.04 bits per heavy atom. The van der Waals surface area contributed by atoms with Gasteiger partial charge in [0.15, 0.2) is 0 Å². The molecule has 1 aliphatic rings. The summed E-state index contributed by atoms with van der Waals surface area (Å²) < 4.78 is 41.1. The van der Waals surface area contributed by atoms with Gasteiger partial charge in [0.1, 0.15) is 5.82 Å². The third kappa shape index (κ3) is 3.52. The summed E-state index contributed by atoms with van der Waals surface area (Å²) in [5.41, 5.74) is 3.97. The Labute approximate surface area is 143 Å². The average Bonchev–Trinajstić information content (AvgIpc) is 2.56. The maximum Gasteiger partial charge on any atom is 0.241 e. The molecule has 2 aromatic rings. The van der Waals surface area contributed by atoms with Crippen LogP contribution in [0, 0.1) is 12.7 Å². The summed E-state index contributed by atoms with van der Waals surface area (Å²) >= 11 is 0. The molecule has 0 spiro atoms. The van der Waals surface area contributed by atoms with Crippen LogP contribution in [0.4, 0.5) is 4.39 Å². The summed E-state index contributed by atoms with van der Waals surface area (Å²) in [7, 11) is -3.68. The number of nitrogens with one attached hydrogen (secondary N) is 1. The van der Waals surface area contributed by atoms with Crippen molar-refractivity contribution in [2.45, 2.75) is 50.5 Å². The van der Waals surface area contributed by atoms with Crippen molar-refractivity contribution >= 4 is 10.0 Å². The highest BCUT2D eigenvalue weighted by Crippen LogP contribution is 2.26. The lowest BCUT2D eigenvalue weighted by molar-refractivity contribution is 0.565. The lowest BCUT2D eigenvalue weighted by Gasteiger charge is -2.20. The molecule has 1 unspecified atom stereocenters. The molecular weight excluding hydrogens is 325 g/mol. The fourth-order valence-electron chi connectivity index (χ4n) is 3.18. The molecule has 0 amide bonds. The van der Waals surface area contributed by atoms with E-state index in [0.717, 1.165) is 18.4 Å². The first kappa shape index (κ1) is 17.1. The van der Waals surface area contributed by atoms with Crippen molar-refractivity contribution < 1.29 is 12.8 Å². The van der Waals surface area contributed by atoms with E-state index in [2.05, 4.69) is 16.9 Å². The molecule has 2 aromatic carbocycles. The predicted molar refractivity (Wildman–Crippen MR) is 93.0 cm³/mol. The minimum Gasteiger partial charge on any atom is -0.207 e. The number of sulfonamides is 1. The van der Waals surface area contributed by atoms with Crippen LogP contribution in [0.3, 0.4) is 0 Å². The second-order valence-corrected chi connectivity index (χ2v) is 8.20. The summed E-state index contributed by atoms with van der Waals surface area (Å²) in [4.78, 5) is 0.0891. The van der Waals surface area contributed by atoms with Crippen LogP contribution in [0.15, 0.2) is 41.3 Å². The topological polar surface area (TPSA) is 46.2 Å². The van der Waals surface area contributed by atoms with E-state index in [1.54, 1.807) is 6.92 Å². The molecule has 0 fully saturated rings. The monoisotopic (exact) mass is 347 g/mol. The van der Waals surface area contributed by atoms with Gasteiger partial charge < -0.3 is 0 Å². The van der Waals surface area contributed by atoms with Gasteiger partial charge in [-0.1, -0.05) is 18.2 Å². The predicted octanol–water partition coefficient (Wildman–Crippen LogP) is 4.05. The van der Waals surface area contributed by atoms with Gasteiger partial charge in [-0.05, 0) is 80.0 Å². The lowest BCUT2D eigenvalue weighted by Crippen LogP contribution is -2.27. The molecule has 3 rings (SSSR count). The number of hydrogen-bond acceptors (Lipinski definition) is 2. The van der Waals surface area contributed by atoms with E-state index in [1.807, 2.05) is 13.0 Å². The van der Waals surface area contributed by atoms with Crippen LogP contribution in [-0.2, 0) is 22.9 Å². The van der Waals surface area contributed by atoms with E-state index in [1.165, 1.54) is 42.2 Å². The largest absolute Gasteiger partial charge is 0.241 e. The van der Waals surface area contributed by atoms with Crippen LogP contribution < -0.4 is 4.72 Å². The first-order valence-electron chi connectivity index (χ1n) is 8.27. The zero-order valence-electron chi connectivity index (χ0n) is 14.0. The van der Waals surface area contributed by atoms with Gasteiger partial charge in [0.2, 0.25) is 10.0 Å². The molecule has 0 aliphatic heterocycles. The van der Waals surface area contributed by atoms with E-state index in [4.69, 9.17) is 0 Å². The van der Waals surface area contributed by atoms with Crippen molar-refractivity contribution in [3.63, 3.8) is 0 Å². The standard InChI is InChI=1S/C19H22FNO2S/c1-13-11-18(9-10-19(13)20)24(22,23)21-14(2)16-8-7-15-5-3-4-6-17(15)12-16/h7-12,14,21H,3-6H2,1-2H3. The normalized spacial score (nSPS) is 15.8. The van der Waals surface area contributed by atoms with Gasteiger partial charge in [-0.25, -0.2) is 17.5 Å². The molecule has 1 N–H and O–H groups in total. The number of halogens is 1. The maximum absolute atomic E-state index is 13.4. The van der Waals surface area contributed by atoms with Crippen LogP contribution in [0.25, 0.3) is 0 Å². The lowest BCUT2D eigenvalue weighted by atomic mass is 9.89. The summed E-state index contributed by atoms with van der Waals surface area (Å²) in [6, 6.07) is 9.71. The highest BCUT2D eigenvalue weighted by molar-refractivity contribution is 7.89. The molecule has 24 heavy (non-hydrogen) atoms. The molecule has 0 saturated heterocycles. The van der Waals surface area contributed by atoms with Crippen LogP contribution >= 0.6 is 0 Å². The number of aryl methyl sites for hydroxylation is 3. The van der Waals surface area contributed by atoms with Gasteiger partial charge in [-0.15, -0.1) is 0 Å². The third-order valence-corrected chi connectivity index (χ3v) is 6.18. The van der Waals surface area contributed by atoms with Gasteiger partial charge in [0.05, 0.1) is 4.90 Å². The Kier molecular flexibility index (Phi) is 4.74. The Morgan fingerprint density at radius 2 is 1.75 bits per heavy atom. The van der Waals surface area contributed by atoms with Gasteiger partial charge in [-0.3, -0.25) is 0 Å². The van der Waals surface area contributed by atoms with Gasteiger partial charge in [0.25, 0.3) is 0 Å². The number of benzene rings is 2. The highest BCUT2D eigenvalue weighted by Gasteiger charge is 2.20. The fourth-order valence-corrected chi connectivity index (χ4v) is 4.49. The maximum atomic E-state index is 13.4. The first-order valence-corrected chi connectivity index (χ1v) is 9.75. The zero-order valence-corrected chi connectivity index (χ0v) is 14.8. The quantitative estimate of drug-likeness (QED) is 0.907. The zero-order chi connectivity index (χ0) is 17.3. The molecule has 5 heteroatoms. The van der Waals surface area contributed by atoms with Gasteiger partial charge in [-0.2, -0.15) is 0 Å². The van der Waals surface area contributed by atoms with Crippen LogP contribution in [0.1, 0.15) is 48.1 Å². The van der Waals surface area contributed by atoms with E-state index >= 15 is 0 Å². The summed E-state index contributed by atoms with van der Waals surface area (Å²) in [5, 5.41) is 0. The van der Waals surface area contributed by atoms with Crippen LogP contribution in [0.5, 0.6) is 0 Å². The number of hydrogen-bond donors (Lipinski definition) is 1. The van der Waals surface area contributed by atoms with Crippen molar-refractivity contribution in [1.29, 1.82) is 0 Å². The second kappa shape index (κ2) is 6.65. The first-order chi connectivity index (χ1) is 11.4. The average molecular weight is 347 g/mol. The number of rotatable bonds is 4. The molecule has 1 atom stereocenters. The van der Waals surface area contributed by atoms with Gasteiger partial charge in [0, 0.05) is 6.04 Å². The van der Waals surface area contributed by atoms with E-state index in [0.29, 0.717) is 5.56 Å². The van der Waals surface area contributed by atoms with Crippen molar-refractivity contribution in [2.24, 2.45) is 0 Å². The molecule has 1 aliphatic carbocycles. The molecule has 0 heterocycles. The highest BCUT2D eigenvalue weighted by atomic mass is 32.2. The van der Waals surface area contributed by atoms with E-state index in [-0.39, 0.29) is 10.9 Å². The smallest absolute Gasteiger partial charge is 0.207 e. The van der Waals surface area contributed by atoms with Crippen LogP contribution in [0.2, 0.25) is 0 Å². The van der Waals surface area contributed by atoms with Crippen molar-refractivity contribution in [1.82, 2.24) is 4.72 Å². The Balaban J connectivity index is 1.82. The summed E-state index contributed by atoms with van der Waals surface area (Å²) in [6.07, 6.45) is 4.56. The fraction of sp³-hybridized carbons (Fsp3) is 0.368. The molecule has 0 bridgehead atoms. The van der Waals surface area contributed by atoms with Crippen LogP contribution in [-0.4, -0.2) is 8.42 Å². The number of fused-ring (bicyclic) bond motifs is 1. The Hall–Kier alpha value is -1.72. The molecule has 0 saturated carbocycles. The molecule has 128 valence electrons. The third-order valence-electron chi connectivity index (χ3n) is 4.64. The molecular formula is C19H22FNO2S. The van der Waals surface area contributed by atoms with Crippen molar-refractivity contribution in [3.05, 3.63) is 64.5 Å². The van der Waals surface area contributed by atoms with Crippen molar-refractivity contribution in [2.75, 3.05) is 0 Å². The van der Waals surface area contributed by atoms with Gasteiger partial charge >= 0.3 is 0 Å².